The summed E-state index contributed by atoms with van der Waals surface area (Å²) < 4.78 is 5.21. The van der Waals surface area contributed by atoms with Crippen molar-refractivity contribution in [1.29, 1.82) is 0 Å². The number of hydrogen-bond acceptors (Lipinski definition) is 3. The highest BCUT2D eigenvalue weighted by Gasteiger charge is 2.35. The number of carbonyl (C=O) groups is 1. The van der Waals surface area contributed by atoms with E-state index in [1.165, 1.54) is 5.56 Å². The van der Waals surface area contributed by atoms with Crippen LogP contribution in [-0.2, 0) is 16.0 Å². The van der Waals surface area contributed by atoms with E-state index in [0.29, 0.717) is 13.0 Å². The molecule has 2 unspecified atom stereocenters. The van der Waals surface area contributed by atoms with Crippen LogP contribution >= 0.6 is 0 Å². The van der Waals surface area contributed by atoms with Crippen molar-refractivity contribution >= 4 is 5.91 Å². The van der Waals surface area contributed by atoms with Gasteiger partial charge in [0.25, 0.3) is 0 Å². The van der Waals surface area contributed by atoms with Crippen LogP contribution in [0.1, 0.15) is 31.7 Å². The van der Waals surface area contributed by atoms with Gasteiger partial charge in [0.05, 0.1) is 12.5 Å². The maximum absolute atomic E-state index is 12.3. The molecule has 2 N–H and O–H groups in total. The Hall–Kier alpha value is -1.39. The third-order valence-corrected chi connectivity index (χ3v) is 4.77. The van der Waals surface area contributed by atoms with Gasteiger partial charge in [0.15, 0.2) is 0 Å². The first-order chi connectivity index (χ1) is 10.6. The van der Waals surface area contributed by atoms with Crippen LogP contribution < -0.4 is 5.73 Å². The lowest BCUT2D eigenvalue weighted by Gasteiger charge is -2.25. The predicted molar refractivity (Wildman–Crippen MR) is 88.5 cm³/mol. The summed E-state index contributed by atoms with van der Waals surface area (Å²) >= 11 is 0. The van der Waals surface area contributed by atoms with Crippen LogP contribution in [0.5, 0.6) is 0 Å². The highest BCUT2D eigenvalue weighted by Crippen LogP contribution is 2.35. The molecular weight excluding hydrogens is 276 g/mol. The number of carbonyl (C=O) groups excluding carboxylic acids is 1. The highest BCUT2D eigenvalue weighted by molar-refractivity contribution is 5.77. The quantitative estimate of drug-likeness (QED) is 0.840. The molecule has 1 aromatic rings. The van der Waals surface area contributed by atoms with E-state index >= 15 is 0 Å². The number of nitrogens with two attached hydrogens (primary N) is 1. The van der Waals surface area contributed by atoms with Gasteiger partial charge in [0.1, 0.15) is 0 Å². The molecule has 2 atom stereocenters. The Morgan fingerprint density at radius 1 is 1.41 bits per heavy atom. The molecule has 0 spiro atoms. The van der Waals surface area contributed by atoms with E-state index in [9.17, 15) is 4.79 Å². The lowest BCUT2D eigenvalue weighted by molar-refractivity contribution is -0.133. The largest absolute Gasteiger partial charge is 0.380 e. The zero-order valence-electron chi connectivity index (χ0n) is 13.8. The van der Waals surface area contributed by atoms with Crippen molar-refractivity contribution in [3.8, 4) is 0 Å². The zero-order chi connectivity index (χ0) is 16.0. The van der Waals surface area contributed by atoms with Crippen LogP contribution in [0.4, 0.5) is 0 Å². The monoisotopic (exact) mass is 304 g/mol. The van der Waals surface area contributed by atoms with Crippen molar-refractivity contribution in [2.75, 3.05) is 26.7 Å². The van der Waals surface area contributed by atoms with E-state index in [-0.39, 0.29) is 17.4 Å². The smallest absolute Gasteiger partial charge is 0.225 e. The van der Waals surface area contributed by atoms with E-state index in [0.717, 1.165) is 32.4 Å². The van der Waals surface area contributed by atoms with Crippen molar-refractivity contribution in [2.24, 2.45) is 11.1 Å². The first kappa shape index (κ1) is 17.0. The fourth-order valence-corrected chi connectivity index (χ4v) is 3.12. The number of rotatable bonds is 7. The summed E-state index contributed by atoms with van der Waals surface area (Å²) in [4.78, 5) is 14.3. The van der Waals surface area contributed by atoms with E-state index in [1.54, 1.807) is 7.11 Å². The molecule has 1 aliphatic heterocycles. The van der Waals surface area contributed by atoms with E-state index in [2.05, 4.69) is 31.2 Å². The zero-order valence-corrected chi connectivity index (χ0v) is 13.8. The summed E-state index contributed by atoms with van der Waals surface area (Å²) in [7, 11) is 1.61. The van der Waals surface area contributed by atoms with Crippen molar-refractivity contribution in [3.63, 3.8) is 0 Å². The molecule has 1 heterocycles. The van der Waals surface area contributed by atoms with Crippen LogP contribution in [0.25, 0.3) is 0 Å². The summed E-state index contributed by atoms with van der Waals surface area (Å²) in [5, 5.41) is 0. The molecule has 4 heteroatoms. The normalized spacial score (nSPS) is 22.8. The topological polar surface area (TPSA) is 55.6 Å². The Kier molecular flexibility index (Phi) is 5.98. The van der Waals surface area contributed by atoms with Crippen molar-refractivity contribution < 1.29 is 9.53 Å². The second kappa shape index (κ2) is 7.75. The Morgan fingerprint density at radius 3 is 2.77 bits per heavy atom. The molecule has 0 aromatic heterocycles. The van der Waals surface area contributed by atoms with Gasteiger partial charge < -0.3 is 15.4 Å². The van der Waals surface area contributed by atoms with Gasteiger partial charge in [-0.1, -0.05) is 37.3 Å². The molecule has 0 bridgehead atoms. The molecule has 1 saturated heterocycles. The van der Waals surface area contributed by atoms with Crippen LogP contribution in [-0.4, -0.2) is 43.7 Å². The summed E-state index contributed by atoms with van der Waals surface area (Å²) in [6.45, 7) is 4.38. The second-order valence-corrected chi connectivity index (χ2v) is 6.66. The first-order valence-electron chi connectivity index (χ1n) is 8.11. The van der Waals surface area contributed by atoms with Gasteiger partial charge in [0.2, 0.25) is 5.91 Å². The van der Waals surface area contributed by atoms with Gasteiger partial charge in [-0.25, -0.2) is 0 Å². The van der Waals surface area contributed by atoms with Gasteiger partial charge in [-0.15, -0.1) is 0 Å². The molecule has 0 saturated carbocycles. The molecule has 1 aliphatic rings. The van der Waals surface area contributed by atoms with Crippen LogP contribution in [0.15, 0.2) is 30.3 Å². The molecule has 0 radical (unpaired) electrons. The maximum Gasteiger partial charge on any atom is 0.225 e. The number of ether oxygens (including phenoxy) is 1. The number of benzene rings is 1. The lowest BCUT2D eigenvalue weighted by atomic mass is 9.83. The first-order valence-corrected chi connectivity index (χ1v) is 8.11. The van der Waals surface area contributed by atoms with Crippen LogP contribution in [0.2, 0.25) is 0 Å². The number of nitrogens with zero attached hydrogens (tertiary/aromatic N) is 1. The summed E-state index contributed by atoms with van der Waals surface area (Å²) in [5.74, 6) is 0.167. The van der Waals surface area contributed by atoms with E-state index in [1.807, 2.05) is 11.0 Å². The Labute approximate surface area is 133 Å². The van der Waals surface area contributed by atoms with Gasteiger partial charge in [-0.05, 0) is 30.2 Å². The summed E-state index contributed by atoms with van der Waals surface area (Å²) in [6.07, 6.45) is 3.49. The third-order valence-electron chi connectivity index (χ3n) is 4.77. The fraction of sp³-hybridized carbons (Fsp3) is 0.611. The lowest BCUT2D eigenvalue weighted by Crippen LogP contribution is -2.36. The van der Waals surface area contributed by atoms with E-state index in [4.69, 9.17) is 10.5 Å². The number of aryl methyl sites for hydroxylation is 1. The summed E-state index contributed by atoms with van der Waals surface area (Å²) in [6, 6.07) is 10.6. The molecule has 2 rings (SSSR count). The Morgan fingerprint density at radius 2 is 2.14 bits per heavy atom. The molecule has 22 heavy (non-hydrogen) atoms. The molecule has 1 aromatic carbocycles. The molecular formula is C18H28N2O2. The molecule has 1 amide bonds. The average Bonchev–Trinajstić information content (AvgIpc) is 2.94. The van der Waals surface area contributed by atoms with Crippen molar-refractivity contribution in [2.45, 2.75) is 38.7 Å². The molecule has 0 aliphatic carbocycles. The van der Waals surface area contributed by atoms with Crippen LogP contribution in [0.3, 0.4) is 0 Å². The Bertz CT molecular complexity index is 473. The molecule has 1 fully saturated rings. The standard InChI is InChI=1S/C18H28N2O2/c1-18(9-8-15-6-4-3-5-7-15)10-11-20(14-18)17(21)12-16(13-19)22-2/h3-7,16H,8-14,19H2,1-2H3. The number of hydrogen-bond donors (Lipinski definition) is 1. The van der Waals surface area contributed by atoms with E-state index < -0.39 is 0 Å². The van der Waals surface area contributed by atoms with Crippen molar-refractivity contribution in [3.05, 3.63) is 35.9 Å². The van der Waals surface area contributed by atoms with Gasteiger partial charge in [-0.3, -0.25) is 4.79 Å². The minimum Gasteiger partial charge on any atom is -0.380 e. The SMILES string of the molecule is COC(CN)CC(=O)N1CCC(C)(CCc2ccccc2)C1. The van der Waals surface area contributed by atoms with Gasteiger partial charge in [-0.2, -0.15) is 0 Å². The maximum atomic E-state index is 12.3. The fourth-order valence-electron chi connectivity index (χ4n) is 3.12. The predicted octanol–water partition coefficient (Wildman–Crippen LogP) is 2.22. The molecule has 122 valence electrons. The minimum absolute atomic E-state index is 0.163. The van der Waals surface area contributed by atoms with Gasteiger partial charge >= 0.3 is 0 Å². The average molecular weight is 304 g/mol. The Balaban J connectivity index is 1.84. The van der Waals surface area contributed by atoms with Crippen molar-refractivity contribution in [1.82, 2.24) is 4.90 Å². The summed E-state index contributed by atoms with van der Waals surface area (Å²) in [5.41, 5.74) is 7.19. The highest BCUT2D eigenvalue weighted by atomic mass is 16.5. The van der Waals surface area contributed by atoms with Gasteiger partial charge in [0, 0.05) is 26.7 Å². The third kappa shape index (κ3) is 4.55. The number of amides is 1. The van der Waals surface area contributed by atoms with Crippen LogP contribution in [0, 0.1) is 5.41 Å². The number of methoxy groups -OCH3 is 1. The second-order valence-electron chi connectivity index (χ2n) is 6.66. The molecule has 4 nitrogen and oxygen atoms in total. The number of likely N-dealkylation sites (tertiary alicyclic amines) is 1. The minimum atomic E-state index is -0.163.